The van der Waals surface area contributed by atoms with Crippen LogP contribution in [0.4, 0.5) is 43.9 Å². The Labute approximate surface area is 242 Å². The van der Waals surface area contributed by atoms with Gasteiger partial charge in [0.15, 0.2) is 46.5 Å². The molecule has 2 heterocycles. The third kappa shape index (κ3) is 4.81. The minimum absolute atomic E-state index is 0.00691. The lowest BCUT2D eigenvalue weighted by Crippen LogP contribution is -2.06. The van der Waals surface area contributed by atoms with Crippen LogP contribution in [-0.2, 0) is 12.8 Å². The first kappa shape index (κ1) is 30.8. The van der Waals surface area contributed by atoms with Gasteiger partial charge in [0.1, 0.15) is 23.0 Å². The molecule has 2 aliphatic heterocycles. The largest absolute Gasteiger partial charge is 0.496 e. The summed E-state index contributed by atoms with van der Waals surface area (Å²) in [5.74, 6) is -19.3. The van der Waals surface area contributed by atoms with E-state index < -0.39 is 69.3 Å². The Morgan fingerprint density at radius 3 is 1.02 bits per heavy atom. The molecule has 0 bridgehead atoms. The van der Waals surface area contributed by atoms with Crippen molar-refractivity contribution in [2.75, 3.05) is 27.4 Å². The van der Waals surface area contributed by atoms with Crippen LogP contribution in [0, 0.1) is 58.2 Å². The smallest absolute Gasteiger partial charge is 0.200 e. The zero-order valence-corrected chi connectivity index (χ0v) is 22.6. The monoisotopic (exact) mass is 632 g/mol. The lowest BCUT2D eigenvalue weighted by atomic mass is 9.95. The molecule has 4 aromatic rings. The molecule has 4 aromatic carbocycles. The van der Waals surface area contributed by atoms with E-state index in [9.17, 15) is 43.9 Å². The van der Waals surface area contributed by atoms with Crippen molar-refractivity contribution in [2.24, 2.45) is 0 Å². The fourth-order valence-electron chi connectivity index (χ4n) is 5.04. The lowest BCUT2D eigenvalue weighted by Gasteiger charge is -2.15. The van der Waals surface area contributed by atoms with Crippen LogP contribution in [0.3, 0.4) is 0 Å². The summed E-state index contributed by atoms with van der Waals surface area (Å²) in [6.45, 7) is 0.510. The number of halogens is 10. The van der Waals surface area contributed by atoms with Gasteiger partial charge < -0.3 is 18.9 Å². The fraction of sp³-hybridized carbons (Fsp3) is 0.200. The first-order chi connectivity index (χ1) is 20.9. The number of fused-ring (bicyclic) bond motifs is 2. The normalized spacial score (nSPS) is 13.0. The van der Waals surface area contributed by atoms with E-state index in [2.05, 4.69) is 0 Å². The molecule has 4 nitrogen and oxygen atoms in total. The van der Waals surface area contributed by atoms with Gasteiger partial charge in [-0.2, -0.15) is 0 Å². The number of methoxy groups -OCH3 is 2. The molecule has 6 rings (SSSR count). The summed E-state index contributed by atoms with van der Waals surface area (Å²) in [6, 6.07) is 5.77. The van der Waals surface area contributed by atoms with Crippen molar-refractivity contribution in [3.05, 3.63) is 93.6 Å². The van der Waals surface area contributed by atoms with Crippen molar-refractivity contribution in [3.63, 3.8) is 0 Å². The summed E-state index contributed by atoms with van der Waals surface area (Å²) >= 11 is 0. The first-order valence-electron chi connectivity index (χ1n) is 12.6. The maximum absolute atomic E-state index is 14.1. The van der Waals surface area contributed by atoms with Crippen LogP contribution in [0.1, 0.15) is 11.1 Å². The predicted octanol–water partition coefficient (Wildman–Crippen LogP) is 7.99. The minimum Gasteiger partial charge on any atom is -0.496 e. The average Bonchev–Trinajstić information content (AvgIpc) is 3.71. The molecule has 14 heteroatoms. The van der Waals surface area contributed by atoms with Gasteiger partial charge in [-0.3, -0.25) is 0 Å². The molecule has 0 amide bonds. The molecule has 0 spiro atoms. The molecule has 0 saturated carbocycles. The maximum Gasteiger partial charge on any atom is 0.200 e. The van der Waals surface area contributed by atoms with Crippen LogP contribution in [0.15, 0.2) is 24.3 Å². The molecule has 0 aliphatic carbocycles. The van der Waals surface area contributed by atoms with Crippen molar-refractivity contribution >= 4 is 0 Å². The Bertz CT molecular complexity index is 1620. The van der Waals surface area contributed by atoms with Crippen molar-refractivity contribution < 1.29 is 62.9 Å². The van der Waals surface area contributed by atoms with Crippen LogP contribution in [0.25, 0.3) is 22.3 Å². The highest BCUT2D eigenvalue weighted by Gasteiger charge is 2.33. The van der Waals surface area contributed by atoms with Gasteiger partial charge >= 0.3 is 0 Å². The summed E-state index contributed by atoms with van der Waals surface area (Å²) in [6.07, 6.45) is 0.558. The highest BCUT2D eigenvalue weighted by molar-refractivity contribution is 5.79. The third-order valence-electron chi connectivity index (χ3n) is 7.04. The van der Waals surface area contributed by atoms with E-state index in [0.717, 1.165) is 0 Å². The highest BCUT2D eigenvalue weighted by Crippen LogP contribution is 2.46. The van der Waals surface area contributed by atoms with Crippen LogP contribution >= 0.6 is 0 Å². The van der Waals surface area contributed by atoms with Crippen LogP contribution in [0.2, 0.25) is 0 Å². The Morgan fingerprint density at radius 1 is 0.432 bits per heavy atom. The zero-order chi connectivity index (χ0) is 32.0. The van der Waals surface area contributed by atoms with Gasteiger partial charge in [-0.25, -0.2) is 43.9 Å². The molecule has 44 heavy (non-hydrogen) atoms. The van der Waals surface area contributed by atoms with Crippen molar-refractivity contribution in [1.29, 1.82) is 0 Å². The summed E-state index contributed by atoms with van der Waals surface area (Å²) in [4.78, 5) is 0. The molecule has 2 aliphatic rings. The standard InChI is InChI=1S/2C15H9F5O2/c2*1-21-8-3-2-7-6(4-5-22-7)9(8)10-11(16)13(18)15(20)14(19)12(10)17/h2*2-3H,4-5H2,1H3. The molecule has 0 unspecified atom stereocenters. The van der Waals surface area contributed by atoms with Crippen molar-refractivity contribution in [2.45, 2.75) is 12.8 Å². The quantitative estimate of drug-likeness (QED) is 0.130. The topological polar surface area (TPSA) is 36.9 Å². The predicted molar refractivity (Wildman–Crippen MR) is 135 cm³/mol. The van der Waals surface area contributed by atoms with Gasteiger partial charge in [-0.15, -0.1) is 0 Å². The summed E-state index contributed by atoms with van der Waals surface area (Å²) in [5, 5.41) is 0. The van der Waals surface area contributed by atoms with Crippen molar-refractivity contribution in [3.8, 4) is 45.3 Å². The second-order valence-corrected chi connectivity index (χ2v) is 9.33. The SMILES string of the molecule is COc1ccc2c(c1-c1c(F)c(F)c(F)c(F)c1F)CCO2.COc1ccc2c(c1-c1c(F)c(F)c(F)c(F)c1F)CCO2. The van der Waals surface area contributed by atoms with E-state index in [1.807, 2.05) is 0 Å². The molecule has 0 aromatic heterocycles. The number of rotatable bonds is 4. The van der Waals surface area contributed by atoms with Crippen molar-refractivity contribution in [1.82, 2.24) is 0 Å². The van der Waals surface area contributed by atoms with Crippen LogP contribution in [0.5, 0.6) is 23.0 Å². The summed E-state index contributed by atoms with van der Waals surface area (Å²) in [7, 11) is 2.49. The minimum atomic E-state index is -2.19. The van der Waals surface area contributed by atoms with Gasteiger partial charge in [-0.05, 0) is 24.3 Å². The van der Waals surface area contributed by atoms with Crippen LogP contribution < -0.4 is 18.9 Å². The molecule has 0 saturated heterocycles. The van der Waals surface area contributed by atoms with E-state index in [0.29, 0.717) is 22.6 Å². The van der Waals surface area contributed by atoms with Gasteiger partial charge in [0.05, 0.1) is 38.6 Å². The van der Waals surface area contributed by atoms with Gasteiger partial charge in [0, 0.05) is 35.1 Å². The van der Waals surface area contributed by atoms with E-state index in [1.54, 1.807) is 0 Å². The Kier molecular flexibility index (Phi) is 8.28. The van der Waals surface area contributed by atoms with E-state index in [1.165, 1.54) is 38.5 Å². The van der Waals surface area contributed by atoms with Crippen LogP contribution in [-0.4, -0.2) is 27.4 Å². The van der Waals surface area contributed by atoms with E-state index in [4.69, 9.17) is 18.9 Å². The summed E-state index contributed by atoms with van der Waals surface area (Å²) in [5.41, 5.74) is -1.66. The van der Waals surface area contributed by atoms with E-state index in [-0.39, 0.29) is 48.7 Å². The Hall–Kier alpha value is -4.62. The first-order valence-corrected chi connectivity index (χ1v) is 12.6. The number of hydrogen-bond donors (Lipinski definition) is 0. The fourth-order valence-corrected chi connectivity index (χ4v) is 5.04. The third-order valence-corrected chi connectivity index (χ3v) is 7.04. The lowest BCUT2D eigenvalue weighted by molar-refractivity contribution is 0.356. The molecule has 0 radical (unpaired) electrons. The zero-order valence-electron chi connectivity index (χ0n) is 22.6. The molecular formula is C30H18F10O4. The molecule has 0 N–H and O–H groups in total. The Morgan fingerprint density at radius 2 is 0.727 bits per heavy atom. The maximum atomic E-state index is 14.1. The van der Waals surface area contributed by atoms with Gasteiger partial charge in [0.2, 0.25) is 11.6 Å². The molecular weight excluding hydrogens is 614 g/mol. The molecule has 232 valence electrons. The molecule has 0 atom stereocenters. The Balaban J connectivity index is 0.000000175. The number of ether oxygens (including phenoxy) is 4. The number of benzene rings is 4. The van der Waals surface area contributed by atoms with Gasteiger partial charge in [-0.1, -0.05) is 0 Å². The van der Waals surface area contributed by atoms with E-state index >= 15 is 0 Å². The second-order valence-electron chi connectivity index (χ2n) is 9.33. The van der Waals surface area contributed by atoms with Gasteiger partial charge in [0.25, 0.3) is 0 Å². The molecule has 0 fully saturated rings. The highest BCUT2D eigenvalue weighted by atomic mass is 19.2. The number of hydrogen-bond acceptors (Lipinski definition) is 4. The summed E-state index contributed by atoms with van der Waals surface area (Å²) < 4.78 is 157. The average molecular weight is 632 g/mol. The second kappa shape index (κ2) is 11.8.